The molecule has 2 aromatic carbocycles. The first kappa shape index (κ1) is 19.1. The Morgan fingerprint density at radius 3 is 2.33 bits per heavy atom. The van der Waals surface area contributed by atoms with Crippen molar-refractivity contribution in [1.82, 2.24) is 9.73 Å². The molecule has 9 heteroatoms. The summed E-state index contributed by atoms with van der Waals surface area (Å²) < 4.78 is 52.3. The Bertz CT molecular complexity index is 970. The van der Waals surface area contributed by atoms with Crippen LogP contribution in [-0.4, -0.2) is 37.9 Å². The zero-order valence-electron chi connectivity index (χ0n) is 14.2. The van der Waals surface area contributed by atoms with E-state index in [0.717, 1.165) is 25.0 Å². The number of halogens is 2. The van der Waals surface area contributed by atoms with Gasteiger partial charge in [-0.2, -0.15) is 9.41 Å². The molecule has 3 rings (SSSR count). The van der Waals surface area contributed by atoms with Gasteiger partial charge in [-0.1, -0.05) is 6.07 Å². The molecule has 1 N–H and O–H groups in total. The number of benzene rings is 2. The summed E-state index contributed by atoms with van der Waals surface area (Å²) in [5, 5.41) is 3.68. The summed E-state index contributed by atoms with van der Waals surface area (Å²) >= 11 is 0. The van der Waals surface area contributed by atoms with E-state index in [2.05, 4.69) is 10.5 Å². The predicted molar refractivity (Wildman–Crippen MR) is 95.9 cm³/mol. The van der Waals surface area contributed by atoms with Gasteiger partial charge in [-0.05, 0) is 54.8 Å². The predicted octanol–water partition coefficient (Wildman–Crippen LogP) is 2.51. The first-order chi connectivity index (χ1) is 12.9. The second kappa shape index (κ2) is 7.93. The summed E-state index contributed by atoms with van der Waals surface area (Å²) in [6.07, 6.45) is 2.86. The average molecular weight is 393 g/mol. The second-order valence-electron chi connectivity index (χ2n) is 6.01. The van der Waals surface area contributed by atoms with Crippen molar-refractivity contribution in [3.05, 3.63) is 65.2 Å². The summed E-state index contributed by atoms with van der Waals surface area (Å²) in [6.45, 7) is 1.01. The standard InChI is InChI=1S/C18H17F2N3O3S/c19-16-8-3-13(11-17(16)20)12-21-22-18(24)14-4-6-15(7-5-14)27(25,26)23-9-1-2-10-23/h3-8,11-12H,1-2,9-10H2,(H,22,24)/b21-12-. The maximum atomic E-state index is 13.1. The number of carbonyl (C=O) groups is 1. The fourth-order valence-corrected chi connectivity index (χ4v) is 4.20. The zero-order chi connectivity index (χ0) is 19.4. The molecule has 0 aromatic heterocycles. The number of hydrogen-bond donors (Lipinski definition) is 1. The lowest BCUT2D eigenvalue weighted by Crippen LogP contribution is -2.28. The van der Waals surface area contributed by atoms with Crippen LogP contribution >= 0.6 is 0 Å². The van der Waals surface area contributed by atoms with E-state index in [1.807, 2.05) is 0 Å². The lowest BCUT2D eigenvalue weighted by atomic mass is 10.2. The molecular formula is C18H17F2N3O3S. The molecule has 0 saturated carbocycles. The van der Waals surface area contributed by atoms with Gasteiger partial charge in [0.2, 0.25) is 10.0 Å². The molecule has 142 valence electrons. The van der Waals surface area contributed by atoms with E-state index < -0.39 is 27.6 Å². The third-order valence-electron chi connectivity index (χ3n) is 4.14. The molecule has 1 saturated heterocycles. The van der Waals surface area contributed by atoms with Gasteiger partial charge in [0, 0.05) is 18.7 Å². The number of amides is 1. The summed E-state index contributed by atoms with van der Waals surface area (Å²) in [4.78, 5) is 12.2. The van der Waals surface area contributed by atoms with E-state index in [0.29, 0.717) is 13.1 Å². The van der Waals surface area contributed by atoms with Gasteiger partial charge >= 0.3 is 0 Å². The maximum absolute atomic E-state index is 13.1. The van der Waals surface area contributed by atoms with Crippen molar-refractivity contribution < 1.29 is 22.0 Å². The number of rotatable bonds is 5. The van der Waals surface area contributed by atoms with Crippen molar-refractivity contribution in [3.8, 4) is 0 Å². The number of hydrogen-bond acceptors (Lipinski definition) is 4. The Hall–Kier alpha value is -2.65. The quantitative estimate of drug-likeness (QED) is 0.626. The Labute approximate surface area is 155 Å². The van der Waals surface area contributed by atoms with E-state index in [9.17, 15) is 22.0 Å². The lowest BCUT2D eigenvalue weighted by Gasteiger charge is -2.15. The molecule has 0 radical (unpaired) electrons. The molecule has 1 aliphatic heterocycles. The van der Waals surface area contributed by atoms with Crippen LogP contribution in [0.15, 0.2) is 52.5 Å². The van der Waals surface area contributed by atoms with Crippen LogP contribution in [-0.2, 0) is 10.0 Å². The molecule has 0 aliphatic carbocycles. The fraction of sp³-hybridized carbons (Fsp3) is 0.222. The third kappa shape index (κ3) is 4.37. The molecule has 1 aliphatic rings. The van der Waals surface area contributed by atoms with Gasteiger partial charge in [0.1, 0.15) is 0 Å². The molecule has 1 fully saturated rings. The minimum absolute atomic E-state index is 0.131. The van der Waals surface area contributed by atoms with Crippen LogP contribution in [0.3, 0.4) is 0 Å². The van der Waals surface area contributed by atoms with Crippen LogP contribution in [0.1, 0.15) is 28.8 Å². The number of sulfonamides is 1. The molecule has 1 heterocycles. The van der Waals surface area contributed by atoms with Crippen LogP contribution in [0, 0.1) is 11.6 Å². The smallest absolute Gasteiger partial charge is 0.267 e. The molecular weight excluding hydrogens is 376 g/mol. The van der Waals surface area contributed by atoms with Gasteiger partial charge in [-0.3, -0.25) is 4.79 Å². The molecule has 1 amide bonds. The topological polar surface area (TPSA) is 78.8 Å². The van der Waals surface area contributed by atoms with Crippen molar-refractivity contribution in [2.24, 2.45) is 5.10 Å². The Morgan fingerprint density at radius 2 is 1.70 bits per heavy atom. The monoisotopic (exact) mass is 393 g/mol. The lowest BCUT2D eigenvalue weighted by molar-refractivity contribution is 0.0955. The Balaban J connectivity index is 1.65. The SMILES string of the molecule is O=C(N/N=C\c1ccc(F)c(F)c1)c1ccc(S(=O)(=O)N2CCCC2)cc1. The summed E-state index contributed by atoms with van der Waals surface area (Å²) in [7, 11) is -3.54. The summed E-state index contributed by atoms with van der Waals surface area (Å²) in [6, 6.07) is 8.76. The normalized spacial score (nSPS) is 15.3. The molecule has 0 spiro atoms. The average Bonchev–Trinajstić information content (AvgIpc) is 3.20. The minimum atomic E-state index is -3.54. The van der Waals surface area contributed by atoms with Gasteiger partial charge in [0.15, 0.2) is 11.6 Å². The summed E-state index contributed by atoms with van der Waals surface area (Å²) in [5.74, 6) is -2.54. The van der Waals surface area contributed by atoms with Crippen molar-refractivity contribution in [1.29, 1.82) is 0 Å². The zero-order valence-corrected chi connectivity index (χ0v) is 15.0. The number of hydrazone groups is 1. The van der Waals surface area contributed by atoms with Crippen LogP contribution in [0.4, 0.5) is 8.78 Å². The Kier molecular flexibility index (Phi) is 5.62. The van der Waals surface area contributed by atoms with Crippen LogP contribution in [0.2, 0.25) is 0 Å². The number of nitrogens with one attached hydrogen (secondary N) is 1. The van der Waals surface area contributed by atoms with Crippen molar-refractivity contribution in [2.45, 2.75) is 17.7 Å². The van der Waals surface area contributed by atoms with Gasteiger partial charge in [-0.25, -0.2) is 22.6 Å². The second-order valence-corrected chi connectivity index (χ2v) is 7.95. The number of nitrogens with zero attached hydrogens (tertiary/aromatic N) is 2. The van der Waals surface area contributed by atoms with Crippen molar-refractivity contribution >= 4 is 22.1 Å². The first-order valence-electron chi connectivity index (χ1n) is 8.26. The van der Waals surface area contributed by atoms with E-state index in [4.69, 9.17) is 0 Å². The van der Waals surface area contributed by atoms with Crippen LogP contribution < -0.4 is 5.43 Å². The maximum Gasteiger partial charge on any atom is 0.271 e. The van der Waals surface area contributed by atoms with Crippen LogP contribution in [0.5, 0.6) is 0 Å². The highest BCUT2D eigenvalue weighted by Crippen LogP contribution is 2.21. The molecule has 0 bridgehead atoms. The summed E-state index contributed by atoms with van der Waals surface area (Å²) in [5.41, 5.74) is 2.75. The van der Waals surface area contributed by atoms with E-state index in [1.165, 1.54) is 40.9 Å². The van der Waals surface area contributed by atoms with Crippen LogP contribution in [0.25, 0.3) is 0 Å². The van der Waals surface area contributed by atoms with Gasteiger partial charge in [0.25, 0.3) is 5.91 Å². The molecule has 6 nitrogen and oxygen atoms in total. The van der Waals surface area contributed by atoms with E-state index >= 15 is 0 Å². The highest BCUT2D eigenvalue weighted by molar-refractivity contribution is 7.89. The first-order valence-corrected chi connectivity index (χ1v) is 9.70. The molecule has 2 aromatic rings. The van der Waals surface area contributed by atoms with E-state index in [1.54, 1.807) is 0 Å². The van der Waals surface area contributed by atoms with Gasteiger partial charge in [0.05, 0.1) is 11.1 Å². The van der Waals surface area contributed by atoms with Gasteiger partial charge < -0.3 is 0 Å². The largest absolute Gasteiger partial charge is 0.271 e. The van der Waals surface area contributed by atoms with E-state index in [-0.39, 0.29) is 16.0 Å². The highest BCUT2D eigenvalue weighted by Gasteiger charge is 2.27. The fourth-order valence-electron chi connectivity index (χ4n) is 2.68. The number of carbonyl (C=O) groups excluding carboxylic acids is 1. The highest BCUT2D eigenvalue weighted by atomic mass is 32.2. The molecule has 0 unspecified atom stereocenters. The van der Waals surface area contributed by atoms with Crippen molar-refractivity contribution in [3.63, 3.8) is 0 Å². The Morgan fingerprint density at radius 1 is 1.04 bits per heavy atom. The third-order valence-corrected chi connectivity index (χ3v) is 6.06. The van der Waals surface area contributed by atoms with Gasteiger partial charge in [-0.15, -0.1) is 0 Å². The minimum Gasteiger partial charge on any atom is -0.267 e. The molecule has 0 atom stereocenters. The molecule has 27 heavy (non-hydrogen) atoms. The van der Waals surface area contributed by atoms with Crippen molar-refractivity contribution in [2.75, 3.05) is 13.1 Å².